The molecule has 0 fully saturated rings. The molecule has 0 aliphatic rings. The van der Waals surface area contributed by atoms with Gasteiger partial charge in [0.05, 0.1) is 6.61 Å². The zero-order valence-corrected chi connectivity index (χ0v) is 12.4. The van der Waals surface area contributed by atoms with Crippen LogP contribution in [0, 0.1) is 5.92 Å². The Balaban J connectivity index is 2.39. The Morgan fingerprint density at radius 1 is 1.37 bits per heavy atom. The highest BCUT2D eigenvalue weighted by atomic mass is 32.1. The third kappa shape index (κ3) is 2.60. The van der Waals surface area contributed by atoms with E-state index in [-0.39, 0.29) is 17.8 Å². The summed E-state index contributed by atoms with van der Waals surface area (Å²) in [5.41, 5.74) is 0. The van der Waals surface area contributed by atoms with Crippen molar-refractivity contribution in [2.75, 3.05) is 6.61 Å². The summed E-state index contributed by atoms with van der Waals surface area (Å²) in [4.78, 5) is 12.8. The molecule has 2 aromatic heterocycles. The molecule has 0 bridgehead atoms. The minimum Gasteiger partial charge on any atom is -0.465 e. The summed E-state index contributed by atoms with van der Waals surface area (Å²) in [5.74, 6) is 0.383. The topological polar surface area (TPSA) is 69.4 Å². The Morgan fingerprint density at radius 3 is 2.68 bits per heavy atom. The van der Waals surface area contributed by atoms with Crippen LogP contribution in [0.4, 0.5) is 0 Å². The van der Waals surface area contributed by atoms with E-state index in [1.165, 1.54) is 11.3 Å². The Morgan fingerprint density at radius 2 is 2.11 bits per heavy atom. The quantitative estimate of drug-likeness (QED) is 0.785. The van der Waals surface area contributed by atoms with Gasteiger partial charge in [0, 0.05) is 6.42 Å². The number of fused-ring (bicyclic) bond motifs is 1. The first-order valence-corrected chi connectivity index (χ1v) is 7.27. The number of aromatic nitrogens is 4. The van der Waals surface area contributed by atoms with Crippen LogP contribution in [0.25, 0.3) is 4.96 Å². The van der Waals surface area contributed by atoms with Gasteiger partial charge in [-0.15, -0.1) is 10.2 Å². The number of nitrogens with zero attached hydrogens (tertiary/aromatic N) is 4. The van der Waals surface area contributed by atoms with E-state index >= 15 is 0 Å². The van der Waals surface area contributed by atoms with Crippen molar-refractivity contribution in [1.29, 1.82) is 0 Å². The molecule has 0 spiro atoms. The number of carbonyl (C=O) groups excluding carboxylic acids is 1. The van der Waals surface area contributed by atoms with Gasteiger partial charge in [0.2, 0.25) is 4.96 Å². The number of carbonyl (C=O) groups is 1. The number of rotatable bonds is 5. The molecule has 1 unspecified atom stereocenters. The molecule has 6 nitrogen and oxygen atoms in total. The van der Waals surface area contributed by atoms with Crippen molar-refractivity contribution in [3.63, 3.8) is 0 Å². The number of hydrogen-bond donors (Lipinski definition) is 0. The summed E-state index contributed by atoms with van der Waals surface area (Å²) in [6.45, 7) is 8.17. The normalized spacial score (nSPS) is 13.1. The Bertz CT molecular complexity index is 575. The van der Waals surface area contributed by atoms with E-state index in [1.54, 1.807) is 4.52 Å². The second-order valence-electron chi connectivity index (χ2n) is 4.58. The molecular formula is C12H18N4O2S. The Hall–Kier alpha value is -1.50. The summed E-state index contributed by atoms with van der Waals surface area (Å²) in [6.07, 6.45) is 0.760. The highest BCUT2D eigenvalue weighted by molar-refractivity contribution is 7.16. The Kier molecular flexibility index (Phi) is 4.14. The number of hydrogen-bond acceptors (Lipinski definition) is 6. The molecule has 0 amide bonds. The first-order chi connectivity index (χ1) is 9.08. The van der Waals surface area contributed by atoms with Crippen molar-refractivity contribution in [3.8, 4) is 0 Å². The van der Waals surface area contributed by atoms with Crippen molar-refractivity contribution >= 4 is 22.3 Å². The second kappa shape index (κ2) is 5.64. The lowest BCUT2D eigenvalue weighted by Gasteiger charge is -2.15. The smallest absolute Gasteiger partial charge is 0.316 e. The maximum atomic E-state index is 12.0. The fraction of sp³-hybridized carbons (Fsp3) is 0.667. The molecule has 0 aliphatic carbocycles. The molecule has 0 N–H and O–H groups in total. The minimum absolute atomic E-state index is 0.132. The largest absolute Gasteiger partial charge is 0.465 e. The maximum absolute atomic E-state index is 12.0. The molecular weight excluding hydrogens is 264 g/mol. The first kappa shape index (κ1) is 13.9. The van der Waals surface area contributed by atoms with E-state index in [4.69, 9.17) is 4.74 Å². The van der Waals surface area contributed by atoms with Gasteiger partial charge in [0.1, 0.15) is 10.9 Å². The van der Waals surface area contributed by atoms with E-state index in [1.807, 2.05) is 27.7 Å². The van der Waals surface area contributed by atoms with Gasteiger partial charge in [-0.1, -0.05) is 32.1 Å². The summed E-state index contributed by atoms with van der Waals surface area (Å²) >= 11 is 1.40. The van der Waals surface area contributed by atoms with E-state index in [0.29, 0.717) is 6.61 Å². The highest BCUT2D eigenvalue weighted by Gasteiger charge is 2.30. The number of ether oxygens (including phenoxy) is 1. The summed E-state index contributed by atoms with van der Waals surface area (Å²) in [5, 5.41) is 13.3. The summed E-state index contributed by atoms with van der Waals surface area (Å²) < 4.78 is 6.85. The van der Waals surface area contributed by atoms with Crippen molar-refractivity contribution < 1.29 is 9.53 Å². The highest BCUT2D eigenvalue weighted by Crippen LogP contribution is 2.29. The molecule has 7 heteroatoms. The van der Waals surface area contributed by atoms with Crippen LogP contribution in [0.2, 0.25) is 0 Å². The van der Waals surface area contributed by atoms with Crippen LogP contribution in [0.3, 0.4) is 0 Å². The Labute approximate surface area is 115 Å². The van der Waals surface area contributed by atoms with Crippen LogP contribution in [-0.4, -0.2) is 32.4 Å². The minimum atomic E-state index is -0.337. The lowest BCUT2D eigenvalue weighted by molar-refractivity contribution is -0.146. The summed E-state index contributed by atoms with van der Waals surface area (Å²) in [7, 11) is 0. The van der Waals surface area contributed by atoms with Gasteiger partial charge in [-0.05, 0) is 12.8 Å². The molecule has 2 rings (SSSR count). The van der Waals surface area contributed by atoms with E-state index < -0.39 is 0 Å². The van der Waals surface area contributed by atoms with Gasteiger partial charge < -0.3 is 4.74 Å². The first-order valence-electron chi connectivity index (χ1n) is 6.46. The zero-order chi connectivity index (χ0) is 14.0. The predicted molar refractivity (Wildman–Crippen MR) is 72.2 cm³/mol. The summed E-state index contributed by atoms with van der Waals surface area (Å²) in [6, 6.07) is 0. The van der Waals surface area contributed by atoms with Gasteiger partial charge in [-0.2, -0.15) is 9.61 Å². The average Bonchev–Trinajstić information content (AvgIpc) is 2.88. The maximum Gasteiger partial charge on any atom is 0.316 e. The fourth-order valence-corrected chi connectivity index (χ4v) is 3.03. The molecule has 0 saturated carbocycles. The van der Waals surface area contributed by atoms with Crippen LogP contribution < -0.4 is 0 Å². The van der Waals surface area contributed by atoms with E-state index in [2.05, 4.69) is 15.3 Å². The second-order valence-corrected chi connectivity index (χ2v) is 5.57. The van der Waals surface area contributed by atoms with Gasteiger partial charge >= 0.3 is 5.97 Å². The van der Waals surface area contributed by atoms with Gasteiger partial charge in [0.15, 0.2) is 5.82 Å². The molecule has 0 saturated heterocycles. The molecule has 0 radical (unpaired) electrons. The molecule has 2 heterocycles. The molecule has 19 heavy (non-hydrogen) atoms. The average molecular weight is 282 g/mol. The fourth-order valence-electron chi connectivity index (χ4n) is 1.91. The van der Waals surface area contributed by atoms with E-state index in [0.717, 1.165) is 22.2 Å². The van der Waals surface area contributed by atoms with Crippen molar-refractivity contribution in [2.24, 2.45) is 5.92 Å². The molecule has 0 aromatic carbocycles. The molecule has 0 aliphatic heterocycles. The number of esters is 1. The van der Waals surface area contributed by atoms with Crippen molar-refractivity contribution in [3.05, 3.63) is 10.8 Å². The van der Waals surface area contributed by atoms with Gasteiger partial charge in [-0.3, -0.25) is 4.79 Å². The third-order valence-corrected chi connectivity index (χ3v) is 3.84. The van der Waals surface area contributed by atoms with Crippen LogP contribution in [0.1, 0.15) is 44.4 Å². The van der Waals surface area contributed by atoms with Crippen LogP contribution in [0.15, 0.2) is 0 Å². The standard InChI is InChI=1S/C12H18N4O2S/c1-5-8-13-14-12-16(8)15-10(19-12)9(7(3)4)11(17)18-6-2/h7,9H,5-6H2,1-4H3. The van der Waals surface area contributed by atoms with Gasteiger partial charge in [-0.25, -0.2) is 0 Å². The lowest BCUT2D eigenvalue weighted by Crippen LogP contribution is -2.21. The molecule has 104 valence electrons. The predicted octanol–water partition coefficient (Wildman–Crippen LogP) is 2.05. The van der Waals surface area contributed by atoms with Crippen molar-refractivity contribution in [2.45, 2.75) is 40.0 Å². The van der Waals surface area contributed by atoms with Crippen LogP contribution >= 0.6 is 11.3 Å². The SMILES string of the molecule is CCOC(=O)C(c1nn2c(CC)nnc2s1)C(C)C. The number of aryl methyl sites for hydroxylation is 1. The molecule has 1 atom stereocenters. The molecule has 2 aromatic rings. The van der Waals surface area contributed by atoms with E-state index in [9.17, 15) is 4.79 Å². The van der Waals surface area contributed by atoms with Crippen molar-refractivity contribution in [1.82, 2.24) is 19.8 Å². The van der Waals surface area contributed by atoms with Crippen LogP contribution in [-0.2, 0) is 16.0 Å². The van der Waals surface area contributed by atoms with Crippen LogP contribution in [0.5, 0.6) is 0 Å². The zero-order valence-electron chi connectivity index (χ0n) is 11.6. The third-order valence-electron chi connectivity index (χ3n) is 2.86. The van der Waals surface area contributed by atoms with Gasteiger partial charge in [0.25, 0.3) is 0 Å². The monoisotopic (exact) mass is 282 g/mol. The lowest BCUT2D eigenvalue weighted by atomic mass is 9.97.